The predicted octanol–water partition coefficient (Wildman–Crippen LogP) is 4.85. The highest BCUT2D eigenvalue weighted by Gasteiger charge is 2.15. The maximum absolute atomic E-state index is 12.7. The van der Waals surface area contributed by atoms with E-state index in [-0.39, 0.29) is 11.8 Å². The summed E-state index contributed by atoms with van der Waals surface area (Å²) in [4.78, 5) is 26.9. The van der Waals surface area contributed by atoms with Crippen molar-refractivity contribution in [2.75, 3.05) is 18.4 Å². The molecule has 2 amide bonds. The molecule has 1 N–H and O–H groups in total. The molecule has 0 radical (unpaired) electrons. The molecule has 132 valence electrons. The Labute approximate surface area is 153 Å². The van der Waals surface area contributed by atoms with Crippen LogP contribution < -0.4 is 5.32 Å². The van der Waals surface area contributed by atoms with Crippen LogP contribution in [0.4, 0.5) is 5.69 Å². The van der Waals surface area contributed by atoms with Crippen LogP contribution in [0.1, 0.15) is 47.4 Å². The molecule has 0 aromatic heterocycles. The van der Waals surface area contributed by atoms with Gasteiger partial charge in [0, 0.05) is 24.3 Å². The maximum Gasteiger partial charge on any atom is 0.257 e. The third-order valence-electron chi connectivity index (χ3n) is 3.76. The van der Waals surface area contributed by atoms with E-state index in [9.17, 15) is 9.59 Å². The van der Waals surface area contributed by atoms with Gasteiger partial charge in [0.1, 0.15) is 0 Å². The highest BCUT2D eigenvalue weighted by atomic mass is 35.5. The number of nitrogens with zero attached hydrogens (tertiary/aromatic N) is 1. The second-order valence-electron chi connectivity index (χ2n) is 5.81. The summed E-state index contributed by atoms with van der Waals surface area (Å²) in [7, 11) is 0. The first-order chi connectivity index (χ1) is 12.1. The molecule has 0 heterocycles. The quantitative estimate of drug-likeness (QED) is 0.768. The average molecular weight is 359 g/mol. The Balaban J connectivity index is 2.17. The standard InChI is InChI=1S/C20H23ClN2O2/c1-3-12-23(13-4-2)20(25)15-8-7-9-16(14-15)22-19(24)17-10-5-6-11-18(17)21/h5-11,14H,3-4,12-13H2,1-2H3,(H,22,24). The lowest BCUT2D eigenvalue weighted by Gasteiger charge is -2.21. The summed E-state index contributed by atoms with van der Waals surface area (Å²) < 4.78 is 0. The molecule has 2 aromatic carbocycles. The largest absolute Gasteiger partial charge is 0.339 e. The predicted molar refractivity (Wildman–Crippen MR) is 102 cm³/mol. The fourth-order valence-electron chi connectivity index (χ4n) is 2.61. The number of halogens is 1. The van der Waals surface area contributed by atoms with Crippen molar-refractivity contribution in [1.82, 2.24) is 4.90 Å². The molecule has 2 aromatic rings. The molecule has 0 aliphatic rings. The van der Waals surface area contributed by atoms with Crippen molar-refractivity contribution >= 4 is 29.1 Å². The molecule has 5 heteroatoms. The van der Waals surface area contributed by atoms with Crippen LogP contribution in [0.2, 0.25) is 5.02 Å². The van der Waals surface area contributed by atoms with Gasteiger partial charge in [-0.3, -0.25) is 9.59 Å². The summed E-state index contributed by atoms with van der Waals surface area (Å²) in [6.45, 7) is 5.55. The number of hydrogen-bond donors (Lipinski definition) is 1. The van der Waals surface area contributed by atoms with Crippen LogP contribution in [-0.4, -0.2) is 29.8 Å². The van der Waals surface area contributed by atoms with E-state index < -0.39 is 0 Å². The average Bonchev–Trinajstić information content (AvgIpc) is 2.61. The molecule has 0 unspecified atom stereocenters. The minimum atomic E-state index is -0.297. The first-order valence-electron chi connectivity index (χ1n) is 8.52. The van der Waals surface area contributed by atoms with Crippen molar-refractivity contribution in [3.05, 3.63) is 64.7 Å². The van der Waals surface area contributed by atoms with Gasteiger partial charge >= 0.3 is 0 Å². The van der Waals surface area contributed by atoms with E-state index >= 15 is 0 Å². The molecular weight excluding hydrogens is 336 g/mol. The lowest BCUT2D eigenvalue weighted by atomic mass is 10.1. The van der Waals surface area contributed by atoms with Gasteiger partial charge < -0.3 is 10.2 Å². The topological polar surface area (TPSA) is 49.4 Å². The number of amides is 2. The number of hydrogen-bond acceptors (Lipinski definition) is 2. The van der Waals surface area contributed by atoms with Gasteiger partial charge in [0.05, 0.1) is 10.6 Å². The highest BCUT2D eigenvalue weighted by Crippen LogP contribution is 2.18. The second-order valence-corrected chi connectivity index (χ2v) is 6.21. The number of benzene rings is 2. The summed E-state index contributed by atoms with van der Waals surface area (Å²) >= 11 is 6.06. The Hall–Kier alpha value is -2.33. The van der Waals surface area contributed by atoms with Crippen LogP contribution in [0.15, 0.2) is 48.5 Å². The van der Waals surface area contributed by atoms with Gasteiger partial charge in [0.2, 0.25) is 0 Å². The number of carbonyl (C=O) groups is 2. The molecule has 0 aliphatic heterocycles. The first-order valence-corrected chi connectivity index (χ1v) is 8.89. The zero-order valence-electron chi connectivity index (χ0n) is 14.6. The van der Waals surface area contributed by atoms with Gasteiger partial charge in [-0.25, -0.2) is 0 Å². The summed E-state index contributed by atoms with van der Waals surface area (Å²) in [6.07, 6.45) is 1.82. The summed E-state index contributed by atoms with van der Waals surface area (Å²) in [6, 6.07) is 13.9. The molecule has 0 bridgehead atoms. The summed E-state index contributed by atoms with van der Waals surface area (Å²) in [5, 5.41) is 3.20. The minimum absolute atomic E-state index is 0.0162. The fraction of sp³-hybridized carbons (Fsp3) is 0.300. The first kappa shape index (κ1) is 19.0. The zero-order chi connectivity index (χ0) is 18.2. The van der Waals surface area contributed by atoms with Gasteiger partial charge in [-0.05, 0) is 43.2 Å². The van der Waals surface area contributed by atoms with Gasteiger partial charge in [0.25, 0.3) is 11.8 Å². The molecule has 0 spiro atoms. The van der Waals surface area contributed by atoms with Crippen molar-refractivity contribution in [3.63, 3.8) is 0 Å². The minimum Gasteiger partial charge on any atom is -0.339 e. The Morgan fingerprint density at radius 2 is 1.68 bits per heavy atom. The molecule has 4 nitrogen and oxygen atoms in total. The maximum atomic E-state index is 12.7. The van der Waals surface area contributed by atoms with E-state index in [1.54, 1.807) is 48.5 Å². The third-order valence-corrected chi connectivity index (χ3v) is 4.09. The Kier molecular flexibility index (Phi) is 7.02. The molecule has 0 atom stereocenters. The third kappa shape index (κ3) is 5.07. The van der Waals surface area contributed by atoms with Crippen LogP contribution in [0.5, 0.6) is 0 Å². The van der Waals surface area contributed by atoms with Crippen LogP contribution in [-0.2, 0) is 0 Å². The Morgan fingerprint density at radius 3 is 2.32 bits per heavy atom. The molecule has 0 saturated carbocycles. The number of carbonyl (C=O) groups excluding carboxylic acids is 2. The van der Waals surface area contributed by atoms with Crippen LogP contribution in [0.25, 0.3) is 0 Å². The van der Waals surface area contributed by atoms with Gasteiger partial charge in [-0.15, -0.1) is 0 Å². The van der Waals surface area contributed by atoms with Crippen molar-refractivity contribution in [3.8, 4) is 0 Å². The molecular formula is C20H23ClN2O2. The smallest absolute Gasteiger partial charge is 0.257 e. The number of rotatable bonds is 7. The van der Waals surface area contributed by atoms with Crippen molar-refractivity contribution < 1.29 is 9.59 Å². The number of nitrogens with one attached hydrogen (secondary N) is 1. The van der Waals surface area contributed by atoms with E-state index in [1.165, 1.54) is 0 Å². The van der Waals surface area contributed by atoms with E-state index in [4.69, 9.17) is 11.6 Å². The van der Waals surface area contributed by atoms with Crippen LogP contribution >= 0.6 is 11.6 Å². The highest BCUT2D eigenvalue weighted by molar-refractivity contribution is 6.34. The lowest BCUT2D eigenvalue weighted by molar-refractivity contribution is 0.0755. The van der Waals surface area contributed by atoms with Gasteiger partial charge in [-0.1, -0.05) is 43.6 Å². The van der Waals surface area contributed by atoms with E-state index in [0.29, 0.717) is 21.8 Å². The summed E-state index contributed by atoms with van der Waals surface area (Å²) in [5.41, 5.74) is 1.54. The van der Waals surface area contributed by atoms with Crippen molar-refractivity contribution in [2.45, 2.75) is 26.7 Å². The van der Waals surface area contributed by atoms with Gasteiger partial charge in [0.15, 0.2) is 0 Å². The molecule has 25 heavy (non-hydrogen) atoms. The fourth-order valence-corrected chi connectivity index (χ4v) is 2.83. The van der Waals surface area contributed by atoms with Crippen molar-refractivity contribution in [2.24, 2.45) is 0 Å². The molecule has 0 saturated heterocycles. The second kappa shape index (κ2) is 9.23. The van der Waals surface area contributed by atoms with Crippen LogP contribution in [0.3, 0.4) is 0 Å². The van der Waals surface area contributed by atoms with E-state index in [0.717, 1.165) is 25.9 Å². The SMILES string of the molecule is CCCN(CCC)C(=O)c1cccc(NC(=O)c2ccccc2Cl)c1. The monoisotopic (exact) mass is 358 g/mol. The normalized spacial score (nSPS) is 10.4. The lowest BCUT2D eigenvalue weighted by Crippen LogP contribution is -2.32. The molecule has 0 fully saturated rings. The van der Waals surface area contributed by atoms with E-state index in [2.05, 4.69) is 19.2 Å². The zero-order valence-corrected chi connectivity index (χ0v) is 15.3. The Bertz CT molecular complexity index is 740. The number of anilines is 1. The van der Waals surface area contributed by atoms with Crippen LogP contribution in [0, 0.1) is 0 Å². The Morgan fingerprint density at radius 1 is 1.00 bits per heavy atom. The van der Waals surface area contributed by atoms with Crippen molar-refractivity contribution in [1.29, 1.82) is 0 Å². The molecule has 2 rings (SSSR count). The summed E-state index contributed by atoms with van der Waals surface area (Å²) in [5.74, 6) is -0.313. The van der Waals surface area contributed by atoms with E-state index in [1.807, 2.05) is 4.90 Å². The molecule has 0 aliphatic carbocycles. The van der Waals surface area contributed by atoms with Gasteiger partial charge in [-0.2, -0.15) is 0 Å².